The lowest BCUT2D eigenvalue weighted by Crippen LogP contribution is -2.12. The van der Waals surface area contributed by atoms with Crippen molar-refractivity contribution in [1.82, 2.24) is 14.9 Å². The fourth-order valence-electron chi connectivity index (χ4n) is 1.37. The van der Waals surface area contributed by atoms with Gasteiger partial charge in [0, 0.05) is 10.0 Å². The SMILES string of the molecule is CC(C#N)Sc1nnc(-c2ccccc2Br)n1N. The molecule has 7 heteroatoms. The largest absolute Gasteiger partial charge is 0.335 e. The van der Waals surface area contributed by atoms with Crippen LogP contribution in [-0.4, -0.2) is 20.1 Å². The van der Waals surface area contributed by atoms with Crippen molar-refractivity contribution in [3.63, 3.8) is 0 Å². The summed E-state index contributed by atoms with van der Waals surface area (Å²) < 4.78 is 2.30. The molecule has 0 amide bonds. The Morgan fingerprint density at radius 1 is 1.44 bits per heavy atom. The molecule has 0 saturated heterocycles. The van der Waals surface area contributed by atoms with E-state index < -0.39 is 0 Å². The minimum absolute atomic E-state index is 0.219. The molecular weight excluding hydrogens is 314 g/mol. The highest BCUT2D eigenvalue weighted by Crippen LogP contribution is 2.28. The third kappa shape index (κ3) is 2.49. The maximum atomic E-state index is 8.78. The highest BCUT2D eigenvalue weighted by Gasteiger charge is 2.16. The van der Waals surface area contributed by atoms with Crippen molar-refractivity contribution in [2.45, 2.75) is 17.3 Å². The van der Waals surface area contributed by atoms with Gasteiger partial charge in [-0.05, 0) is 19.1 Å². The summed E-state index contributed by atoms with van der Waals surface area (Å²) in [6, 6.07) is 9.75. The van der Waals surface area contributed by atoms with Crippen LogP contribution in [0.2, 0.25) is 0 Å². The second-order valence-electron chi connectivity index (χ2n) is 3.55. The van der Waals surface area contributed by atoms with Gasteiger partial charge in [-0.15, -0.1) is 10.2 Å². The minimum atomic E-state index is -0.219. The number of thioether (sulfide) groups is 1. The first-order valence-electron chi connectivity index (χ1n) is 5.15. The van der Waals surface area contributed by atoms with Gasteiger partial charge < -0.3 is 5.84 Å². The van der Waals surface area contributed by atoms with Crippen molar-refractivity contribution in [3.8, 4) is 17.5 Å². The number of nitrogens with two attached hydrogens (primary N) is 1. The average Bonchev–Trinajstić information content (AvgIpc) is 2.72. The molecule has 0 bridgehead atoms. The van der Waals surface area contributed by atoms with Gasteiger partial charge in [-0.1, -0.05) is 39.8 Å². The van der Waals surface area contributed by atoms with Gasteiger partial charge in [-0.2, -0.15) is 5.26 Å². The van der Waals surface area contributed by atoms with Gasteiger partial charge in [0.15, 0.2) is 5.82 Å². The molecule has 0 spiro atoms. The summed E-state index contributed by atoms with van der Waals surface area (Å²) in [5.74, 6) is 6.51. The molecule has 0 radical (unpaired) electrons. The molecule has 0 aliphatic heterocycles. The summed E-state index contributed by atoms with van der Waals surface area (Å²) in [7, 11) is 0. The van der Waals surface area contributed by atoms with Crippen LogP contribution in [0.1, 0.15) is 6.92 Å². The third-order valence-electron chi connectivity index (χ3n) is 2.24. The molecule has 1 aromatic carbocycles. The molecule has 18 heavy (non-hydrogen) atoms. The van der Waals surface area contributed by atoms with Crippen LogP contribution in [0.5, 0.6) is 0 Å². The van der Waals surface area contributed by atoms with Crippen LogP contribution in [0, 0.1) is 11.3 Å². The van der Waals surface area contributed by atoms with Crippen LogP contribution >= 0.6 is 27.7 Å². The number of aromatic nitrogens is 3. The number of nitrogens with zero attached hydrogens (tertiary/aromatic N) is 4. The Kier molecular flexibility index (Phi) is 3.89. The Hall–Kier alpha value is -1.52. The highest BCUT2D eigenvalue weighted by molar-refractivity contribution is 9.10. The summed E-state index contributed by atoms with van der Waals surface area (Å²) >= 11 is 4.72. The highest BCUT2D eigenvalue weighted by atomic mass is 79.9. The fraction of sp³-hybridized carbons (Fsp3) is 0.182. The van der Waals surface area contributed by atoms with E-state index >= 15 is 0 Å². The van der Waals surface area contributed by atoms with Crippen LogP contribution in [0.25, 0.3) is 11.4 Å². The normalized spacial score (nSPS) is 12.1. The van der Waals surface area contributed by atoms with Crippen LogP contribution in [0.3, 0.4) is 0 Å². The van der Waals surface area contributed by atoms with Crippen molar-refractivity contribution in [2.75, 3.05) is 5.84 Å². The van der Waals surface area contributed by atoms with Crippen molar-refractivity contribution >= 4 is 27.7 Å². The number of benzene rings is 1. The topological polar surface area (TPSA) is 80.5 Å². The fourth-order valence-corrected chi connectivity index (χ4v) is 2.49. The number of rotatable bonds is 3. The zero-order valence-electron chi connectivity index (χ0n) is 9.54. The molecular formula is C11H10BrN5S. The predicted octanol–water partition coefficient (Wildman–Crippen LogP) is 2.43. The van der Waals surface area contributed by atoms with Crippen LogP contribution in [-0.2, 0) is 0 Å². The van der Waals surface area contributed by atoms with Gasteiger partial charge in [0.05, 0.1) is 11.3 Å². The van der Waals surface area contributed by atoms with Crippen molar-refractivity contribution < 1.29 is 0 Å². The molecule has 1 aromatic heterocycles. The van der Waals surface area contributed by atoms with Gasteiger partial charge >= 0.3 is 0 Å². The summed E-state index contributed by atoms with van der Waals surface area (Å²) in [6.07, 6.45) is 0. The Morgan fingerprint density at radius 2 is 2.17 bits per heavy atom. The lowest BCUT2D eigenvalue weighted by atomic mass is 10.2. The molecule has 1 heterocycles. The molecule has 2 rings (SSSR count). The first kappa shape index (κ1) is 12.9. The smallest absolute Gasteiger partial charge is 0.211 e. The van der Waals surface area contributed by atoms with E-state index in [1.165, 1.54) is 16.4 Å². The number of nitriles is 1. The lowest BCUT2D eigenvalue weighted by molar-refractivity contribution is 0.847. The van der Waals surface area contributed by atoms with E-state index in [9.17, 15) is 0 Å². The van der Waals surface area contributed by atoms with E-state index in [4.69, 9.17) is 11.1 Å². The Labute approximate surface area is 117 Å². The van der Waals surface area contributed by atoms with Crippen molar-refractivity contribution in [1.29, 1.82) is 5.26 Å². The summed E-state index contributed by atoms with van der Waals surface area (Å²) in [5, 5.41) is 17.1. The van der Waals surface area contributed by atoms with E-state index in [1.807, 2.05) is 24.3 Å². The molecule has 1 atom stereocenters. The number of nitrogen functional groups attached to an aromatic ring is 1. The van der Waals surface area contributed by atoms with Gasteiger partial charge in [0.25, 0.3) is 0 Å². The zero-order valence-corrected chi connectivity index (χ0v) is 11.9. The first-order valence-corrected chi connectivity index (χ1v) is 6.82. The monoisotopic (exact) mass is 323 g/mol. The van der Waals surface area contributed by atoms with Crippen LogP contribution < -0.4 is 5.84 Å². The molecule has 0 saturated carbocycles. The summed E-state index contributed by atoms with van der Waals surface area (Å²) in [5.41, 5.74) is 0.865. The van der Waals surface area contributed by atoms with Crippen molar-refractivity contribution in [3.05, 3.63) is 28.7 Å². The molecule has 5 nitrogen and oxygen atoms in total. The first-order chi connectivity index (χ1) is 8.63. The Bertz CT molecular complexity index is 604. The maximum Gasteiger partial charge on any atom is 0.211 e. The molecule has 92 valence electrons. The molecule has 0 aliphatic rings. The van der Waals surface area contributed by atoms with E-state index in [-0.39, 0.29) is 5.25 Å². The van der Waals surface area contributed by atoms with Crippen LogP contribution in [0.4, 0.5) is 0 Å². The second-order valence-corrected chi connectivity index (χ2v) is 5.71. The third-order valence-corrected chi connectivity index (χ3v) is 3.88. The quantitative estimate of drug-likeness (QED) is 0.693. The lowest BCUT2D eigenvalue weighted by Gasteiger charge is -2.05. The summed E-state index contributed by atoms with van der Waals surface area (Å²) in [4.78, 5) is 0. The number of hydrogen-bond donors (Lipinski definition) is 1. The van der Waals surface area contributed by atoms with Gasteiger partial charge in [-0.25, -0.2) is 4.68 Å². The zero-order chi connectivity index (χ0) is 13.1. The Morgan fingerprint density at radius 3 is 2.83 bits per heavy atom. The van der Waals surface area contributed by atoms with Gasteiger partial charge in [0.2, 0.25) is 5.16 Å². The minimum Gasteiger partial charge on any atom is -0.335 e. The van der Waals surface area contributed by atoms with E-state index in [0.29, 0.717) is 11.0 Å². The molecule has 2 N–H and O–H groups in total. The molecule has 0 aliphatic carbocycles. The summed E-state index contributed by atoms with van der Waals surface area (Å²) in [6.45, 7) is 1.79. The maximum absolute atomic E-state index is 8.78. The number of halogens is 1. The standard InChI is InChI=1S/C11H10BrN5S/c1-7(6-13)18-11-16-15-10(17(11)14)8-4-2-3-5-9(8)12/h2-5,7H,14H2,1H3. The predicted molar refractivity (Wildman–Crippen MR) is 74.2 cm³/mol. The molecule has 2 aromatic rings. The van der Waals surface area contributed by atoms with E-state index in [2.05, 4.69) is 32.2 Å². The van der Waals surface area contributed by atoms with Gasteiger partial charge in [0.1, 0.15) is 0 Å². The van der Waals surface area contributed by atoms with E-state index in [0.717, 1.165) is 10.0 Å². The van der Waals surface area contributed by atoms with Crippen LogP contribution in [0.15, 0.2) is 33.9 Å². The second kappa shape index (κ2) is 5.42. The Balaban J connectivity index is 2.38. The van der Waals surface area contributed by atoms with Gasteiger partial charge in [-0.3, -0.25) is 0 Å². The molecule has 0 fully saturated rings. The van der Waals surface area contributed by atoms with Crippen molar-refractivity contribution in [2.24, 2.45) is 0 Å². The molecule has 1 unspecified atom stereocenters. The number of hydrogen-bond acceptors (Lipinski definition) is 5. The van der Waals surface area contributed by atoms with E-state index in [1.54, 1.807) is 6.92 Å². The average molecular weight is 324 g/mol.